The average molecular weight is 333 g/mol. The standard InChI is InChI=1S/C14H11F4NO2S/c1-7-3-4-9(5-8(7)2)22(20,21)19-14-12(17)10(15)6-11(16)13(14)18/h3-6,19H,1-2H3. The minimum atomic E-state index is -4.39. The predicted molar refractivity (Wildman–Crippen MR) is 73.0 cm³/mol. The van der Waals surface area contributed by atoms with E-state index in [4.69, 9.17) is 0 Å². The maximum absolute atomic E-state index is 13.5. The molecule has 0 unspecified atom stereocenters. The number of benzene rings is 2. The van der Waals surface area contributed by atoms with Gasteiger partial charge in [-0.3, -0.25) is 4.72 Å². The van der Waals surface area contributed by atoms with E-state index in [2.05, 4.69) is 0 Å². The zero-order valence-corrected chi connectivity index (χ0v) is 12.4. The van der Waals surface area contributed by atoms with E-state index in [1.807, 2.05) is 0 Å². The van der Waals surface area contributed by atoms with Gasteiger partial charge in [-0.1, -0.05) is 6.07 Å². The maximum atomic E-state index is 13.5. The van der Waals surface area contributed by atoms with Gasteiger partial charge in [-0.25, -0.2) is 26.0 Å². The first-order valence-electron chi connectivity index (χ1n) is 6.06. The van der Waals surface area contributed by atoms with Crippen LogP contribution in [0, 0.1) is 37.1 Å². The Morgan fingerprint density at radius 1 is 0.864 bits per heavy atom. The number of rotatable bonds is 3. The quantitative estimate of drug-likeness (QED) is 0.688. The molecule has 0 radical (unpaired) electrons. The van der Waals surface area contributed by atoms with Gasteiger partial charge < -0.3 is 0 Å². The molecule has 0 aromatic heterocycles. The molecule has 2 rings (SSSR count). The second-order valence-corrected chi connectivity index (χ2v) is 6.38. The lowest BCUT2D eigenvalue weighted by atomic mass is 10.1. The van der Waals surface area contributed by atoms with Gasteiger partial charge in [-0.05, 0) is 37.1 Å². The molecule has 3 nitrogen and oxygen atoms in total. The van der Waals surface area contributed by atoms with Crippen molar-refractivity contribution in [2.24, 2.45) is 0 Å². The van der Waals surface area contributed by atoms with Crippen molar-refractivity contribution in [1.82, 2.24) is 0 Å². The summed E-state index contributed by atoms with van der Waals surface area (Å²) in [6.45, 7) is 3.40. The van der Waals surface area contributed by atoms with Crippen LogP contribution >= 0.6 is 0 Å². The van der Waals surface area contributed by atoms with Crippen LogP contribution in [0.5, 0.6) is 0 Å². The summed E-state index contributed by atoms with van der Waals surface area (Å²) in [6.07, 6.45) is 0. The van der Waals surface area contributed by atoms with Crippen molar-refractivity contribution in [1.29, 1.82) is 0 Å². The molecular formula is C14H11F4NO2S. The van der Waals surface area contributed by atoms with Crippen LogP contribution in [-0.2, 0) is 10.0 Å². The van der Waals surface area contributed by atoms with Gasteiger partial charge in [0, 0.05) is 6.07 Å². The number of sulfonamides is 1. The molecule has 0 bridgehead atoms. The fraction of sp³-hybridized carbons (Fsp3) is 0.143. The summed E-state index contributed by atoms with van der Waals surface area (Å²) < 4.78 is 79.0. The van der Waals surface area contributed by atoms with Crippen LogP contribution in [0.2, 0.25) is 0 Å². The first-order valence-corrected chi connectivity index (χ1v) is 7.55. The first-order chi connectivity index (χ1) is 10.1. The van der Waals surface area contributed by atoms with Crippen LogP contribution in [0.3, 0.4) is 0 Å². The summed E-state index contributed by atoms with van der Waals surface area (Å²) in [5, 5.41) is 0. The summed E-state index contributed by atoms with van der Waals surface area (Å²) in [5.41, 5.74) is 0.0538. The summed E-state index contributed by atoms with van der Waals surface area (Å²) in [5.74, 6) is -7.02. The predicted octanol–water partition coefficient (Wildman–Crippen LogP) is 3.66. The highest BCUT2D eigenvalue weighted by atomic mass is 32.2. The summed E-state index contributed by atoms with van der Waals surface area (Å²) in [4.78, 5) is -0.279. The summed E-state index contributed by atoms with van der Waals surface area (Å²) in [7, 11) is -4.39. The molecule has 0 aliphatic heterocycles. The molecule has 118 valence electrons. The molecular weight excluding hydrogens is 322 g/mol. The number of hydrogen-bond acceptors (Lipinski definition) is 2. The van der Waals surface area contributed by atoms with Crippen LogP contribution in [0.25, 0.3) is 0 Å². The molecule has 0 spiro atoms. The third-order valence-corrected chi connectivity index (χ3v) is 4.48. The Balaban J connectivity index is 2.52. The van der Waals surface area contributed by atoms with Gasteiger partial charge in [0.25, 0.3) is 10.0 Å². The van der Waals surface area contributed by atoms with E-state index in [0.29, 0.717) is 5.56 Å². The van der Waals surface area contributed by atoms with Crippen molar-refractivity contribution in [3.8, 4) is 0 Å². The molecule has 0 saturated heterocycles. The minimum absolute atomic E-state index is 0.00150. The van der Waals surface area contributed by atoms with E-state index < -0.39 is 39.0 Å². The zero-order valence-electron chi connectivity index (χ0n) is 11.5. The van der Waals surface area contributed by atoms with Gasteiger partial charge in [0.2, 0.25) is 0 Å². The van der Waals surface area contributed by atoms with Gasteiger partial charge in [-0.15, -0.1) is 0 Å². The second kappa shape index (κ2) is 5.60. The topological polar surface area (TPSA) is 46.2 Å². The molecule has 22 heavy (non-hydrogen) atoms. The molecule has 0 heterocycles. The number of halogens is 4. The lowest BCUT2D eigenvalue weighted by molar-refractivity contribution is 0.459. The summed E-state index contributed by atoms with van der Waals surface area (Å²) in [6, 6.07) is 4.00. The highest BCUT2D eigenvalue weighted by molar-refractivity contribution is 7.92. The smallest absolute Gasteiger partial charge is 0.262 e. The maximum Gasteiger partial charge on any atom is 0.262 e. The molecule has 0 atom stereocenters. The minimum Gasteiger partial charge on any atom is -0.274 e. The van der Waals surface area contributed by atoms with Crippen molar-refractivity contribution in [2.45, 2.75) is 18.7 Å². The SMILES string of the molecule is Cc1ccc(S(=O)(=O)Nc2c(F)c(F)cc(F)c2F)cc1C. The van der Waals surface area contributed by atoms with Gasteiger partial charge in [0.05, 0.1) is 4.90 Å². The Hall–Kier alpha value is -2.09. The molecule has 1 N–H and O–H groups in total. The molecule has 8 heteroatoms. The molecule has 0 aliphatic carbocycles. The van der Waals surface area contributed by atoms with Crippen molar-refractivity contribution >= 4 is 15.7 Å². The Morgan fingerprint density at radius 3 is 1.91 bits per heavy atom. The Labute approximate surface area is 124 Å². The first kappa shape index (κ1) is 16.3. The molecule has 0 fully saturated rings. The Bertz CT molecular complexity index is 824. The lowest BCUT2D eigenvalue weighted by Gasteiger charge is -2.12. The molecule has 0 saturated carbocycles. The highest BCUT2D eigenvalue weighted by Gasteiger charge is 2.24. The third-order valence-electron chi connectivity index (χ3n) is 3.14. The van der Waals surface area contributed by atoms with Gasteiger partial charge in [-0.2, -0.15) is 0 Å². The normalized spacial score (nSPS) is 11.5. The third kappa shape index (κ3) is 2.92. The Kier molecular flexibility index (Phi) is 4.15. The average Bonchev–Trinajstić information content (AvgIpc) is 2.44. The van der Waals surface area contributed by atoms with E-state index in [-0.39, 0.29) is 11.0 Å². The molecule has 2 aromatic rings. The number of anilines is 1. The van der Waals surface area contributed by atoms with Gasteiger partial charge in [0.15, 0.2) is 23.3 Å². The fourth-order valence-electron chi connectivity index (χ4n) is 1.74. The van der Waals surface area contributed by atoms with Crippen molar-refractivity contribution in [2.75, 3.05) is 4.72 Å². The van der Waals surface area contributed by atoms with Crippen LogP contribution in [0.4, 0.5) is 23.2 Å². The van der Waals surface area contributed by atoms with E-state index in [1.165, 1.54) is 18.2 Å². The zero-order chi connectivity index (χ0) is 16.7. The lowest BCUT2D eigenvalue weighted by Crippen LogP contribution is -2.16. The van der Waals surface area contributed by atoms with E-state index in [9.17, 15) is 26.0 Å². The van der Waals surface area contributed by atoms with Gasteiger partial charge >= 0.3 is 0 Å². The van der Waals surface area contributed by atoms with Crippen LogP contribution in [0.1, 0.15) is 11.1 Å². The van der Waals surface area contributed by atoms with Crippen LogP contribution < -0.4 is 4.72 Å². The number of hydrogen-bond donors (Lipinski definition) is 1. The van der Waals surface area contributed by atoms with E-state index >= 15 is 0 Å². The van der Waals surface area contributed by atoms with Crippen LogP contribution in [-0.4, -0.2) is 8.42 Å². The van der Waals surface area contributed by atoms with Crippen molar-refractivity contribution in [3.05, 3.63) is 58.7 Å². The highest BCUT2D eigenvalue weighted by Crippen LogP contribution is 2.27. The monoisotopic (exact) mass is 333 g/mol. The fourth-order valence-corrected chi connectivity index (χ4v) is 2.88. The van der Waals surface area contributed by atoms with E-state index in [1.54, 1.807) is 18.6 Å². The Morgan fingerprint density at radius 2 is 1.41 bits per heavy atom. The molecule has 0 aliphatic rings. The van der Waals surface area contributed by atoms with Crippen molar-refractivity contribution < 1.29 is 26.0 Å². The largest absolute Gasteiger partial charge is 0.274 e. The second-order valence-electron chi connectivity index (χ2n) is 4.69. The number of aryl methyl sites for hydroxylation is 2. The summed E-state index contributed by atoms with van der Waals surface area (Å²) >= 11 is 0. The van der Waals surface area contributed by atoms with Crippen LogP contribution in [0.15, 0.2) is 29.2 Å². The van der Waals surface area contributed by atoms with E-state index in [0.717, 1.165) is 5.56 Å². The van der Waals surface area contributed by atoms with Gasteiger partial charge in [0.1, 0.15) is 5.69 Å². The van der Waals surface area contributed by atoms with Crippen molar-refractivity contribution in [3.63, 3.8) is 0 Å². The number of nitrogens with one attached hydrogen (secondary N) is 1. The molecule has 0 amide bonds. The molecule has 2 aromatic carbocycles.